The van der Waals surface area contributed by atoms with Gasteiger partial charge in [0, 0.05) is 22.4 Å². The van der Waals surface area contributed by atoms with Crippen molar-refractivity contribution in [3.05, 3.63) is 42.5 Å². The molecule has 1 N–H and O–H groups in total. The van der Waals surface area contributed by atoms with Crippen LogP contribution < -0.4 is 9.47 Å². The SMILES string of the molecule is C=C(C)C(=O)Oc1c(OCC)cc(O)c2ccccc12. The van der Waals surface area contributed by atoms with E-state index in [2.05, 4.69) is 6.58 Å². The van der Waals surface area contributed by atoms with Crippen LogP contribution in [0.5, 0.6) is 17.2 Å². The number of hydrogen-bond acceptors (Lipinski definition) is 4. The zero-order valence-electron chi connectivity index (χ0n) is 11.5. The van der Waals surface area contributed by atoms with Crippen LogP contribution in [0, 0.1) is 0 Å². The van der Waals surface area contributed by atoms with Crippen molar-refractivity contribution in [2.75, 3.05) is 6.61 Å². The standard InChI is InChI=1S/C16H16O4/c1-4-19-14-9-13(17)11-7-5-6-8-12(11)15(14)20-16(18)10(2)3/h5-9,17H,2,4H2,1,3H3. The van der Waals surface area contributed by atoms with E-state index in [9.17, 15) is 9.90 Å². The Hall–Kier alpha value is -2.49. The average molecular weight is 272 g/mol. The van der Waals surface area contributed by atoms with Crippen molar-refractivity contribution < 1.29 is 19.4 Å². The lowest BCUT2D eigenvalue weighted by Crippen LogP contribution is -2.10. The highest BCUT2D eigenvalue weighted by atomic mass is 16.6. The van der Waals surface area contributed by atoms with Crippen molar-refractivity contribution >= 4 is 16.7 Å². The molecule has 4 heteroatoms. The van der Waals surface area contributed by atoms with Crippen LogP contribution in [-0.2, 0) is 4.79 Å². The van der Waals surface area contributed by atoms with Gasteiger partial charge < -0.3 is 14.6 Å². The maximum Gasteiger partial charge on any atom is 0.338 e. The molecule has 0 radical (unpaired) electrons. The molecule has 2 aromatic rings. The molecule has 0 bridgehead atoms. The maximum atomic E-state index is 11.8. The minimum atomic E-state index is -0.526. The fourth-order valence-corrected chi connectivity index (χ4v) is 1.85. The molecule has 0 saturated heterocycles. The Labute approximate surface area is 117 Å². The van der Waals surface area contributed by atoms with Crippen LogP contribution >= 0.6 is 0 Å². The fraction of sp³-hybridized carbons (Fsp3) is 0.188. The third-order valence-electron chi connectivity index (χ3n) is 2.78. The lowest BCUT2D eigenvalue weighted by atomic mass is 10.1. The number of benzene rings is 2. The van der Waals surface area contributed by atoms with Gasteiger partial charge in [0.25, 0.3) is 0 Å². The molecular formula is C16H16O4. The van der Waals surface area contributed by atoms with Crippen LogP contribution in [0.3, 0.4) is 0 Å². The van der Waals surface area contributed by atoms with E-state index < -0.39 is 5.97 Å². The average Bonchev–Trinajstić information content (AvgIpc) is 2.43. The molecule has 2 rings (SSSR count). The quantitative estimate of drug-likeness (QED) is 0.526. The Kier molecular flexibility index (Phi) is 3.94. The van der Waals surface area contributed by atoms with Gasteiger partial charge >= 0.3 is 5.97 Å². The van der Waals surface area contributed by atoms with E-state index in [0.29, 0.717) is 34.5 Å². The Morgan fingerprint density at radius 1 is 1.30 bits per heavy atom. The van der Waals surface area contributed by atoms with E-state index in [1.807, 2.05) is 6.92 Å². The van der Waals surface area contributed by atoms with Gasteiger partial charge in [0.15, 0.2) is 11.5 Å². The molecule has 0 aliphatic heterocycles. The number of ether oxygens (including phenoxy) is 2. The predicted octanol–water partition coefficient (Wildman–Crippen LogP) is 3.43. The first-order chi connectivity index (χ1) is 9.54. The number of rotatable bonds is 4. The summed E-state index contributed by atoms with van der Waals surface area (Å²) < 4.78 is 10.8. The minimum Gasteiger partial charge on any atom is -0.507 e. The van der Waals surface area contributed by atoms with Crippen molar-refractivity contribution in [2.24, 2.45) is 0 Å². The number of phenolic OH excluding ortho intramolecular Hbond substituents is 1. The first-order valence-corrected chi connectivity index (χ1v) is 6.29. The van der Waals surface area contributed by atoms with Crippen LogP contribution in [0.15, 0.2) is 42.5 Å². The number of aromatic hydroxyl groups is 1. The lowest BCUT2D eigenvalue weighted by Gasteiger charge is -2.14. The molecule has 0 atom stereocenters. The summed E-state index contributed by atoms with van der Waals surface area (Å²) in [5, 5.41) is 11.2. The van der Waals surface area contributed by atoms with E-state index in [1.54, 1.807) is 31.2 Å². The molecule has 104 valence electrons. The molecule has 0 aromatic heterocycles. The van der Waals surface area contributed by atoms with Gasteiger partial charge in [-0.25, -0.2) is 4.79 Å². The normalized spacial score (nSPS) is 10.3. The van der Waals surface area contributed by atoms with E-state index >= 15 is 0 Å². The summed E-state index contributed by atoms with van der Waals surface area (Å²) >= 11 is 0. The molecular weight excluding hydrogens is 256 g/mol. The van der Waals surface area contributed by atoms with Crippen LogP contribution in [0.1, 0.15) is 13.8 Å². The number of carbonyl (C=O) groups is 1. The molecule has 2 aromatic carbocycles. The van der Waals surface area contributed by atoms with Gasteiger partial charge in [0.05, 0.1) is 6.61 Å². The minimum absolute atomic E-state index is 0.0826. The summed E-state index contributed by atoms with van der Waals surface area (Å²) in [5.41, 5.74) is 0.296. The summed E-state index contributed by atoms with van der Waals surface area (Å²) in [7, 11) is 0. The van der Waals surface area contributed by atoms with Crippen molar-refractivity contribution in [2.45, 2.75) is 13.8 Å². The molecule has 0 saturated carbocycles. The second kappa shape index (κ2) is 5.65. The van der Waals surface area contributed by atoms with Crippen LogP contribution in [0.25, 0.3) is 10.8 Å². The van der Waals surface area contributed by atoms with Gasteiger partial charge in [-0.3, -0.25) is 0 Å². The van der Waals surface area contributed by atoms with E-state index in [-0.39, 0.29) is 5.75 Å². The van der Waals surface area contributed by atoms with Gasteiger partial charge in [0.1, 0.15) is 5.75 Å². The van der Waals surface area contributed by atoms with Gasteiger partial charge in [-0.2, -0.15) is 0 Å². The third-order valence-corrected chi connectivity index (χ3v) is 2.78. The van der Waals surface area contributed by atoms with Crippen LogP contribution in [0.4, 0.5) is 0 Å². The summed E-state index contributed by atoms with van der Waals surface area (Å²) in [6.07, 6.45) is 0. The highest BCUT2D eigenvalue weighted by Crippen LogP contribution is 2.41. The van der Waals surface area contributed by atoms with Gasteiger partial charge in [0.2, 0.25) is 0 Å². The molecule has 20 heavy (non-hydrogen) atoms. The molecule has 0 unspecified atom stereocenters. The van der Waals surface area contributed by atoms with Gasteiger partial charge in [-0.15, -0.1) is 0 Å². The van der Waals surface area contributed by atoms with Gasteiger partial charge in [-0.05, 0) is 13.8 Å². The predicted molar refractivity (Wildman–Crippen MR) is 77.2 cm³/mol. The second-order valence-electron chi connectivity index (χ2n) is 4.37. The number of phenols is 1. The van der Waals surface area contributed by atoms with E-state index in [1.165, 1.54) is 6.07 Å². The molecule has 4 nitrogen and oxygen atoms in total. The van der Waals surface area contributed by atoms with Crippen molar-refractivity contribution in [1.29, 1.82) is 0 Å². The monoisotopic (exact) mass is 272 g/mol. The number of hydrogen-bond donors (Lipinski definition) is 1. The first kappa shape index (κ1) is 13.9. The molecule has 0 aliphatic rings. The Morgan fingerprint density at radius 3 is 2.55 bits per heavy atom. The zero-order chi connectivity index (χ0) is 14.7. The van der Waals surface area contributed by atoms with E-state index in [4.69, 9.17) is 9.47 Å². The second-order valence-corrected chi connectivity index (χ2v) is 4.37. The van der Waals surface area contributed by atoms with Crippen LogP contribution in [-0.4, -0.2) is 17.7 Å². The summed E-state index contributed by atoms with van der Waals surface area (Å²) in [6.45, 7) is 7.35. The van der Waals surface area contributed by atoms with Gasteiger partial charge in [-0.1, -0.05) is 30.8 Å². The van der Waals surface area contributed by atoms with E-state index in [0.717, 1.165) is 0 Å². The lowest BCUT2D eigenvalue weighted by molar-refractivity contribution is -0.130. The van der Waals surface area contributed by atoms with Crippen molar-refractivity contribution in [3.8, 4) is 17.2 Å². The largest absolute Gasteiger partial charge is 0.507 e. The molecule has 0 spiro atoms. The highest BCUT2D eigenvalue weighted by Gasteiger charge is 2.17. The number of carbonyl (C=O) groups excluding carboxylic acids is 1. The summed E-state index contributed by atoms with van der Waals surface area (Å²) in [6, 6.07) is 8.56. The topological polar surface area (TPSA) is 55.8 Å². The Balaban J connectivity index is 2.64. The molecule has 0 amide bonds. The summed E-state index contributed by atoms with van der Waals surface area (Å²) in [4.78, 5) is 11.8. The Morgan fingerprint density at radius 2 is 1.95 bits per heavy atom. The van der Waals surface area contributed by atoms with Crippen LogP contribution in [0.2, 0.25) is 0 Å². The van der Waals surface area contributed by atoms with Crippen molar-refractivity contribution in [1.82, 2.24) is 0 Å². The van der Waals surface area contributed by atoms with Crippen molar-refractivity contribution in [3.63, 3.8) is 0 Å². The smallest absolute Gasteiger partial charge is 0.338 e. The number of esters is 1. The molecule has 0 aliphatic carbocycles. The molecule has 0 heterocycles. The zero-order valence-corrected chi connectivity index (χ0v) is 11.5. The Bertz CT molecular complexity index is 673. The third kappa shape index (κ3) is 2.59. The molecule has 0 fully saturated rings. The maximum absolute atomic E-state index is 11.8. The number of fused-ring (bicyclic) bond motifs is 1. The highest BCUT2D eigenvalue weighted by molar-refractivity contribution is 5.98. The fourth-order valence-electron chi connectivity index (χ4n) is 1.85. The summed E-state index contributed by atoms with van der Waals surface area (Å²) in [5.74, 6) is 0.188. The first-order valence-electron chi connectivity index (χ1n) is 6.29.